The predicted octanol–water partition coefficient (Wildman–Crippen LogP) is 2.83. The van der Waals surface area contributed by atoms with Crippen molar-refractivity contribution in [1.29, 1.82) is 0 Å². The van der Waals surface area contributed by atoms with Crippen molar-refractivity contribution < 1.29 is 9.59 Å². The third-order valence-corrected chi connectivity index (χ3v) is 3.44. The minimum Gasteiger partial charge on any atom is -0.322 e. The number of allylic oxidation sites excluding steroid dienone is 1. The summed E-state index contributed by atoms with van der Waals surface area (Å²) in [6.45, 7) is 0. The third-order valence-electron chi connectivity index (χ3n) is 3.44. The highest BCUT2D eigenvalue weighted by atomic mass is 16.1. The highest BCUT2D eigenvalue weighted by Gasteiger charge is 2.10. The van der Waals surface area contributed by atoms with E-state index in [1.54, 1.807) is 12.1 Å². The lowest BCUT2D eigenvalue weighted by Crippen LogP contribution is -2.16. The molecule has 3 rings (SSSR count). The topological polar surface area (TPSA) is 70.6 Å². The van der Waals surface area contributed by atoms with Crippen molar-refractivity contribution in [3.8, 4) is 0 Å². The fourth-order valence-corrected chi connectivity index (χ4v) is 2.24. The lowest BCUT2D eigenvalue weighted by Gasteiger charge is -2.13. The molecule has 1 amide bonds. The average molecular weight is 305 g/mol. The maximum absolute atomic E-state index is 12.2. The van der Waals surface area contributed by atoms with E-state index in [1.165, 1.54) is 0 Å². The Hall–Kier alpha value is -3.21. The van der Waals surface area contributed by atoms with E-state index in [0.717, 1.165) is 17.5 Å². The van der Waals surface area contributed by atoms with Gasteiger partial charge in [-0.2, -0.15) is 5.10 Å². The first-order valence-electron chi connectivity index (χ1n) is 7.21. The van der Waals surface area contributed by atoms with Crippen LogP contribution >= 0.6 is 0 Å². The quantitative estimate of drug-likeness (QED) is 0.853. The van der Waals surface area contributed by atoms with E-state index in [2.05, 4.69) is 15.8 Å². The van der Waals surface area contributed by atoms with E-state index >= 15 is 0 Å². The molecule has 1 aliphatic heterocycles. The number of amides is 1. The first-order valence-corrected chi connectivity index (χ1v) is 7.21. The van der Waals surface area contributed by atoms with Crippen LogP contribution in [0.2, 0.25) is 0 Å². The van der Waals surface area contributed by atoms with Crippen LogP contribution in [0, 0.1) is 0 Å². The van der Waals surface area contributed by atoms with Crippen molar-refractivity contribution >= 4 is 29.3 Å². The molecule has 0 aliphatic carbocycles. The highest BCUT2D eigenvalue weighted by Crippen LogP contribution is 2.19. The number of hydrogen-bond donors (Lipinski definition) is 2. The summed E-state index contributed by atoms with van der Waals surface area (Å²) in [6, 6.07) is 16.5. The number of hydrogen-bond acceptors (Lipinski definition) is 4. The predicted molar refractivity (Wildman–Crippen MR) is 90.1 cm³/mol. The van der Waals surface area contributed by atoms with Gasteiger partial charge in [0.1, 0.15) is 5.71 Å². The largest absolute Gasteiger partial charge is 0.322 e. The molecule has 0 spiro atoms. The molecule has 2 N–H and O–H groups in total. The molecule has 2 aromatic rings. The number of anilines is 1. The van der Waals surface area contributed by atoms with Crippen LogP contribution in [-0.2, 0) is 4.79 Å². The minimum absolute atomic E-state index is 0.158. The van der Waals surface area contributed by atoms with Crippen LogP contribution in [0.1, 0.15) is 22.3 Å². The number of hydrazone groups is 1. The molecule has 0 atom stereocenters. The van der Waals surface area contributed by atoms with Crippen molar-refractivity contribution in [2.75, 3.05) is 5.32 Å². The SMILES string of the molecule is O=CC1=NNC(c2cccc(NC(=O)c3ccccc3)c2)=CC1. The van der Waals surface area contributed by atoms with Gasteiger partial charge in [0.2, 0.25) is 0 Å². The Balaban J connectivity index is 1.75. The summed E-state index contributed by atoms with van der Waals surface area (Å²) in [5.74, 6) is -0.158. The van der Waals surface area contributed by atoms with Gasteiger partial charge in [0.15, 0.2) is 6.29 Å². The van der Waals surface area contributed by atoms with E-state index in [4.69, 9.17) is 0 Å². The molecule has 5 nitrogen and oxygen atoms in total. The first-order chi connectivity index (χ1) is 11.3. The fraction of sp³-hybridized carbons (Fsp3) is 0.0556. The van der Waals surface area contributed by atoms with Gasteiger partial charge in [-0.05, 0) is 24.3 Å². The monoisotopic (exact) mass is 305 g/mol. The van der Waals surface area contributed by atoms with Crippen LogP contribution in [0.5, 0.6) is 0 Å². The summed E-state index contributed by atoms with van der Waals surface area (Å²) < 4.78 is 0. The van der Waals surface area contributed by atoms with Crippen LogP contribution in [0.4, 0.5) is 5.69 Å². The van der Waals surface area contributed by atoms with Crippen molar-refractivity contribution in [3.05, 3.63) is 71.8 Å². The standard InChI is InChI=1S/C18H15N3O2/c22-12-16-9-10-17(21-20-16)14-7-4-8-15(11-14)19-18(23)13-5-2-1-3-6-13/h1-8,10-12,21H,9H2,(H,19,23). The lowest BCUT2D eigenvalue weighted by atomic mass is 10.1. The van der Waals surface area contributed by atoms with Gasteiger partial charge in [-0.15, -0.1) is 0 Å². The summed E-state index contributed by atoms with van der Waals surface area (Å²) in [5, 5.41) is 6.86. The van der Waals surface area contributed by atoms with Crippen molar-refractivity contribution in [3.63, 3.8) is 0 Å². The fourth-order valence-electron chi connectivity index (χ4n) is 2.24. The Bertz CT molecular complexity index is 795. The van der Waals surface area contributed by atoms with E-state index in [0.29, 0.717) is 23.4 Å². The maximum Gasteiger partial charge on any atom is 0.255 e. The van der Waals surface area contributed by atoms with Crippen LogP contribution in [0.15, 0.2) is 65.8 Å². The molecule has 0 radical (unpaired) electrons. The van der Waals surface area contributed by atoms with E-state index in [-0.39, 0.29) is 5.91 Å². The van der Waals surface area contributed by atoms with Gasteiger partial charge in [0.05, 0.1) is 5.70 Å². The molecule has 5 heteroatoms. The molecular weight excluding hydrogens is 290 g/mol. The molecule has 0 aromatic heterocycles. The Morgan fingerprint density at radius 2 is 1.96 bits per heavy atom. The van der Waals surface area contributed by atoms with Crippen molar-refractivity contribution in [1.82, 2.24) is 5.43 Å². The van der Waals surface area contributed by atoms with Crippen molar-refractivity contribution in [2.45, 2.75) is 6.42 Å². The average Bonchev–Trinajstić information content (AvgIpc) is 2.63. The molecule has 1 heterocycles. The third kappa shape index (κ3) is 3.52. The molecule has 114 valence electrons. The molecule has 0 saturated carbocycles. The zero-order chi connectivity index (χ0) is 16.1. The number of carbonyl (C=O) groups excluding carboxylic acids is 2. The summed E-state index contributed by atoms with van der Waals surface area (Å²) in [7, 11) is 0. The summed E-state index contributed by atoms with van der Waals surface area (Å²) in [4.78, 5) is 22.8. The molecule has 0 unspecified atom stereocenters. The first kappa shape index (κ1) is 14.7. The second-order valence-corrected chi connectivity index (χ2v) is 5.06. The summed E-state index contributed by atoms with van der Waals surface area (Å²) >= 11 is 0. The zero-order valence-electron chi connectivity index (χ0n) is 12.3. The Kier molecular flexibility index (Phi) is 4.29. The molecule has 0 saturated heterocycles. The van der Waals surface area contributed by atoms with Gasteiger partial charge in [-0.3, -0.25) is 15.0 Å². The maximum atomic E-state index is 12.2. The molecule has 2 aromatic carbocycles. The van der Waals surface area contributed by atoms with Gasteiger partial charge in [-0.25, -0.2) is 0 Å². The minimum atomic E-state index is -0.158. The Morgan fingerprint density at radius 3 is 2.65 bits per heavy atom. The van der Waals surface area contributed by atoms with Crippen LogP contribution in [0.25, 0.3) is 5.70 Å². The Labute approximate surface area is 133 Å². The second-order valence-electron chi connectivity index (χ2n) is 5.06. The smallest absolute Gasteiger partial charge is 0.255 e. The van der Waals surface area contributed by atoms with Crippen LogP contribution < -0.4 is 10.7 Å². The lowest BCUT2D eigenvalue weighted by molar-refractivity contribution is -0.102. The number of rotatable bonds is 4. The molecule has 23 heavy (non-hydrogen) atoms. The summed E-state index contributed by atoms with van der Waals surface area (Å²) in [6.07, 6.45) is 3.12. The van der Waals surface area contributed by atoms with E-state index in [1.807, 2.05) is 48.5 Å². The van der Waals surface area contributed by atoms with Gasteiger partial charge in [-0.1, -0.05) is 36.4 Å². The number of nitrogens with zero attached hydrogens (tertiary/aromatic N) is 1. The molecular formula is C18H15N3O2. The van der Waals surface area contributed by atoms with E-state index < -0.39 is 0 Å². The molecule has 0 bridgehead atoms. The number of benzene rings is 2. The molecule has 1 aliphatic rings. The zero-order valence-corrected chi connectivity index (χ0v) is 12.3. The van der Waals surface area contributed by atoms with Crippen LogP contribution in [-0.4, -0.2) is 17.9 Å². The summed E-state index contributed by atoms with van der Waals surface area (Å²) in [5.41, 5.74) is 6.32. The molecule has 0 fully saturated rings. The van der Waals surface area contributed by atoms with Crippen molar-refractivity contribution in [2.24, 2.45) is 5.10 Å². The van der Waals surface area contributed by atoms with Gasteiger partial charge in [0, 0.05) is 23.2 Å². The highest BCUT2D eigenvalue weighted by molar-refractivity contribution is 6.29. The number of aldehydes is 1. The second kappa shape index (κ2) is 6.70. The van der Waals surface area contributed by atoms with E-state index in [9.17, 15) is 9.59 Å². The van der Waals surface area contributed by atoms with Gasteiger partial charge in [0.25, 0.3) is 5.91 Å². The normalized spacial score (nSPS) is 13.4. The Morgan fingerprint density at radius 1 is 1.13 bits per heavy atom. The van der Waals surface area contributed by atoms with Gasteiger partial charge < -0.3 is 5.32 Å². The van der Waals surface area contributed by atoms with Gasteiger partial charge >= 0.3 is 0 Å². The number of carbonyl (C=O) groups is 2. The van der Waals surface area contributed by atoms with Crippen LogP contribution in [0.3, 0.4) is 0 Å². The number of nitrogens with one attached hydrogen (secondary N) is 2.